The largest absolute Gasteiger partial charge is 0.396 e. The third-order valence-electron chi connectivity index (χ3n) is 2.63. The number of aliphatic hydroxyl groups is 1. The average Bonchev–Trinajstić information content (AvgIpc) is 2.30. The van der Waals surface area contributed by atoms with E-state index >= 15 is 0 Å². The van der Waals surface area contributed by atoms with E-state index in [1.807, 2.05) is 18.2 Å². The molecule has 2 heteroatoms. The Labute approximate surface area is 98.3 Å². The van der Waals surface area contributed by atoms with Crippen LogP contribution in [0.25, 0.3) is 0 Å². The molecule has 0 fully saturated rings. The van der Waals surface area contributed by atoms with Gasteiger partial charge >= 0.3 is 0 Å². The third-order valence-corrected chi connectivity index (χ3v) is 2.63. The van der Waals surface area contributed by atoms with Crippen LogP contribution in [0.3, 0.4) is 0 Å². The summed E-state index contributed by atoms with van der Waals surface area (Å²) in [5, 5.41) is 8.95. The zero-order valence-corrected chi connectivity index (χ0v) is 10.2. The highest BCUT2D eigenvalue weighted by Gasteiger charge is 2.07. The maximum absolute atomic E-state index is 8.95. The second-order valence-electron chi connectivity index (χ2n) is 4.63. The highest BCUT2D eigenvalue weighted by Crippen LogP contribution is 2.12. The smallest absolute Gasteiger partial charge is 0.0717 e. The van der Waals surface area contributed by atoms with E-state index in [1.54, 1.807) is 0 Å². The first-order valence-electron chi connectivity index (χ1n) is 5.95. The van der Waals surface area contributed by atoms with Crippen molar-refractivity contribution >= 4 is 0 Å². The lowest BCUT2D eigenvalue weighted by atomic mass is 9.99. The molecule has 0 heterocycles. The number of hydrogen-bond donors (Lipinski definition) is 1. The van der Waals surface area contributed by atoms with E-state index in [0.29, 0.717) is 18.4 Å². The van der Waals surface area contributed by atoms with Crippen LogP contribution < -0.4 is 0 Å². The molecule has 1 N–H and O–H groups in total. The normalized spacial score (nSPS) is 14.7. The van der Waals surface area contributed by atoms with Crippen molar-refractivity contribution in [1.82, 2.24) is 0 Å². The quantitative estimate of drug-likeness (QED) is 0.768. The molecule has 2 atom stereocenters. The Kier molecular flexibility index (Phi) is 6.12. The second kappa shape index (κ2) is 7.42. The first-order chi connectivity index (χ1) is 7.72. The van der Waals surface area contributed by atoms with Crippen molar-refractivity contribution in [2.75, 3.05) is 13.2 Å². The van der Waals surface area contributed by atoms with Crippen LogP contribution in [0.5, 0.6) is 0 Å². The Morgan fingerprint density at radius 1 is 1.12 bits per heavy atom. The lowest BCUT2D eigenvalue weighted by molar-refractivity contribution is 0.0801. The van der Waals surface area contributed by atoms with Crippen LogP contribution in [-0.2, 0) is 11.3 Å². The van der Waals surface area contributed by atoms with Gasteiger partial charge in [-0.25, -0.2) is 0 Å². The summed E-state index contributed by atoms with van der Waals surface area (Å²) in [6, 6.07) is 10.2. The van der Waals surface area contributed by atoms with Crippen LogP contribution >= 0.6 is 0 Å². The monoisotopic (exact) mass is 222 g/mol. The van der Waals surface area contributed by atoms with Crippen molar-refractivity contribution in [3.05, 3.63) is 35.9 Å². The van der Waals surface area contributed by atoms with Crippen LogP contribution in [0.1, 0.15) is 25.8 Å². The van der Waals surface area contributed by atoms with Gasteiger partial charge in [0.2, 0.25) is 0 Å². The molecule has 1 aromatic carbocycles. The number of rotatable bonds is 7. The van der Waals surface area contributed by atoms with Crippen molar-refractivity contribution in [3.8, 4) is 0 Å². The molecular formula is C14H22O2. The fourth-order valence-electron chi connectivity index (χ4n) is 1.78. The summed E-state index contributed by atoms with van der Waals surface area (Å²) in [6.07, 6.45) is 1.02. The summed E-state index contributed by atoms with van der Waals surface area (Å²) in [6.45, 7) is 5.94. The van der Waals surface area contributed by atoms with Gasteiger partial charge in [0.1, 0.15) is 0 Å². The number of ether oxygens (including phenoxy) is 1. The molecule has 0 aliphatic carbocycles. The maximum Gasteiger partial charge on any atom is 0.0717 e. The molecule has 0 aromatic heterocycles. The zero-order valence-electron chi connectivity index (χ0n) is 10.2. The fourth-order valence-corrected chi connectivity index (χ4v) is 1.78. The minimum atomic E-state index is 0.267. The fraction of sp³-hybridized carbons (Fsp3) is 0.571. The van der Waals surface area contributed by atoms with Crippen molar-refractivity contribution in [2.45, 2.75) is 26.9 Å². The van der Waals surface area contributed by atoms with Crippen LogP contribution in [-0.4, -0.2) is 18.3 Å². The third kappa shape index (κ3) is 5.29. The van der Waals surface area contributed by atoms with E-state index < -0.39 is 0 Å². The maximum atomic E-state index is 8.95. The van der Waals surface area contributed by atoms with Crippen LogP contribution in [0.4, 0.5) is 0 Å². The molecule has 0 unspecified atom stereocenters. The Morgan fingerprint density at radius 2 is 1.81 bits per heavy atom. The van der Waals surface area contributed by atoms with Gasteiger partial charge in [-0.2, -0.15) is 0 Å². The summed E-state index contributed by atoms with van der Waals surface area (Å²) in [4.78, 5) is 0. The Morgan fingerprint density at radius 3 is 2.44 bits per heavy atom. The van der Waals surface area contributed by atoms with E-state index in [1.165, 1.54) is 5.56 Å². The van der Waals surface area contributed by atoms with Crippen LogP contribution in [0.2, 0.25) is 0 Å². The molecule has 16 heavy (non-hydrogen) atoms. The van der Waals surface area contributed by atoms with E-state index in [0.717, 1.165) is 13.0 Å². The van der Waals surface area contributed by atoms with Crippen LogP contribution in [0, 0.1) is 11.8 Å². The molecule has 1 aromatic rings. The highest BCUT2D eigenvalue weighted by atomic mass is 16.5. The topological polar surface area (TPSA) is 29.5 Å². The van der Waals surface area contributed by atoms with E-state index in [9.17, 15) is 0 Å². The van der Waals surface area contributed by atoms with Gasteiger partial charge in [0.15, 0.2) is 0 Å². The molecule has 0 amide bonds. The summed E-state index contributed by atoms with van der Waals surface area (Å²) >= 11 is 0. The molecule has 0 aliphatic heterocycles. The lowest BCUT2D eigenvalue weighted by Crippen LogP contribution is -2.12. The Bertz CT molecular complexity index is 271. The van der Waals surface area contributed by atoms with Crippen molar-refractivity contribution in [2.24, 2.45) is 11.8 Å². The molecule has 0 bridgehead atoms. The van der Waals surface area contributed by atoms with Crippen molar-refractivity contribution in [1.29, 1.82) is 0 Å². The number of aliphatic hydroxyl groups excluding tert-OH is 1. The Hall–Kier alpha value is -0.860. The van der Waals surface area contributed by atoms with Gasteiger partial charge in [-0.1, -0.05) is 44.2 Å². The molecule has 0 radical (unpaired) electrons. The molecule has 2 nitrogen and oxygen atoms in total. The van der Waals surface area contributed by atoms with Gasteiger partial charge in [0.25, 0.3) is 0 Å². The molecule has 0 saturated heterocycles. The molecule has 0 spiro atoms. The van der Waals surface area contributed by atoms with Crippen molar-refractivity contribution < 1.29 is 9.84 Å². The molecule has 1 rings (SSSR count). The highest BCUT2D eigenvalue weighted by molar-refractivity contribution is 5.13. The summed E-state index contributed by atoms with van der Waals surface area (Å²) in [5.74, 6) is 0.876. The molecule has 90 valence electrons. The minimum absolute atomic E-state index is 0.267. The minimum Gasteiger partial charge on any atom is -0.396 e. The second-order valence-corrected chi connectivity index (χ2v) is 4.63. The molecular weight excluding hydrogens is 200 g/mol. The van der Waals surface area contributed by atoms with E-state index in [2.05, 4.69) is 26.0 Å². The predicted octanol–water partition coefficient (Wildman–Crippen LogP) is 2.86. The molecule has 0 aliphatic rings. The van der Waals surface area contributed by atoms with E-state index in [4.69, 9.17) is 9.84 Å². The SMILES string of the molecule is C[C@H](CO)C[C@@H](C)COCc1ccccc1. The summed E-state index contributed by atoms with van der Waals surface area (Å²) in [7, 11) is 0. The lowest BCUT2D eigenvalue weighted by Gasteiger charge is -2.15. The first kappa shape index (κ1) is 13.2. The van der Waals surface area contributed by atoms with Crippen LogP contribution in [0.15, 0.2) is 30.3 Å². The zero-order chi connectivity index (χ0) is 11.8. The van der Waals surface area contributed by atoms with Gasteiger partial charge in [-0.3, -0.25) is 0 Å². The summed E-state index contributed by atoms with van der Waals surface area (Å²) in [5.41, 5.74) is 1.21. The predicted molar refractivity (Wildman–Crippen MR) is 66.1 cm³/mol. The standard InChI is InChI=1S/C14H22O2/c1-12(9-15)8-13(2)10-16-11-14-6-4-3-5-7-14/h3-7,12-13,15H,8-11H2,1-2H3/t12-,13+/m0/s1. The van der Waals surface area contributed by atoms with Gasteiger partial charge < -0.3 is 9.84 Å². The first-order valence-corrected chi connectivity index (χ1v) is 5.95. The van der Waals surface area contributed by atoms with E-state index in [-0.39, 0.29) is 6.61 Å². The Balaban J connectivity index is 2.15. The van der Waals surface area contributed by atoms with Gasteiger partial charge in [-0.15, -0.1) is 0 Å². The van der Waals surface area contributed by atoms with Gasteiger partial charge in [0, 0.05) is 13.2 Å². The number of hydrogen-bond acceptors (Lipinski definition) is 2. The van der Waals surface area contributed by atoms with Gasteiger partial charge in [-0.05, 0) is 23.8 Å². The number of benzene rings is 1. The average molecular weight is 222 g/mol. The summed E-state index contributed by atoms with van der Waals surface area (Å²) < 4.78 is 5.65. The van der Waals surface area contributed by atoms with Gasteiger partial charge in [0.05, 0.1) is 6.61 Å². The molecule has 0 saturated carbocycles. The van der Waals surface area contributed by atoms with Crippen molar-refractivity contribution in [3.63, 3.8) is 0 Å².